The number of rotatable bonds is 7. The number of thioether (sulfide) groups is 2. The van der Waals surface area contributed by atoms with Gasteiger partial charge in [-0.2, -0.15) is 0 Å². The van der Waals surface area contributed by atoms with E-state index in [-0.39, 0.29) is 41.1 Å². The molecule has 3 aliphatic rings. The van der Waals surface area contributed by atoms with Crippen molar-refractivity contribution in [1.82, 2.24) is 25.1 Å². The van der Waals surface area contributed by atoms with Crippen molar-refractivity contribution in [3.8, 4) is 0 Å². The van der Waals surface area contributed by atoms with Gasteiger partial charge in [0.25, 0.3) is 5.69 Å². The largest absolute Gasteiger partial charge is 0.456 e. The first-order valence-corrected chi connectivity index (χ1v) is 12.8. The van der Waals surface area contributed by atoms with Crippen LogP contribution in [-0.4, -0.2) is 70.2 Å². The number of carbonyl (C=O) groups excluding carboxylic acids is 2. The summed E-state index contributed by atoms with van der Waals surface area (Å²) >= 11 is 3.05. The minimum atomic E-state index is -0.832. The Bertz CT molecular complexity index is 1220. The summed E-state index contributed by atoms with van der Waals surface area (Å²) in [6.07, 6.45) is -0.832. The third-order valence-corrected chi connectivity index (χ3v) is 9.19. The van der Waals surface area contributed by atoms with Gasteiger partial charge in [0.15, 0.2) is 0 Å². The predicted octanol–water partition coefficient (Wildman–Crippen LogP) is 1.60. The van der Waals surface area contributed by atoms with Crippen molar-refractivity contribution in [1.29, 1.82) is 0 Å². The maximum atomic E-state index is 13.3. The highest BCUT2D eigenvalue weighted by atomic mass is 32.2. The topological polar surface area (TPSA) is 154 Å². The fourth-order valence-electron chi connectivity index (χ4n) is 4.68. The fraction of sp³-hybridized carbons (Fsp3) is 0.476. The Morgan fingerprint density at radius 1 is 1.40 bits per heavy atom. The summed E-state index contributed by atoms with van der Waals surface area (Å²) in [7, 11) is 0. The molecule has 5 atom stereocenters. The van der Waals surface area contributed by atoms with E-state index in [4.69, 9.17) is 4.74 Å². The van der Waals surface area contributed by atoms with Gasteiger partial charge in [0.1, 0.15) is 12.3 Å². The average molecular weight is 519 g/mol. The number of tetrazole rings is 1. The fourth-order valence-corrected chi connectivity index (χ4v) is 7.17. The van der Waals surface area contributed by atoms with Crippen molar-refractivity contribution < 1.29 is 24.4 Å². The van der Waals surface area contributed by atoms with Gasteiger partial charge < -0.3 is 14.7 Å². The second kappa shape index (κ2) is 9.24. The van der Waals surface area contributed by atoms with Gasteiger partial charge in [-0.05, 0) is 35.0 Å². The van der Waals surface area contributed by atoms with Crippen molar-refractivity contribution in [2.45, 2.75) is 49.6 Å². The number of nitro benzene ring substituents is 1. The van der Waals surface area contributed by atoms with Crippen molar-refractivity contribution in [3.05, 3.63) is 50.5 Å². The Hall–Kier alpha value is -2.97. The van der Waals surface area contributed by atoms with Crippen LogP contribution in [0, 0.1) is 22.0 Å². The van der Waals surface area contributed by atoms with Gasteiger partial charge in [-0.15, -0.1) is 16.9 Å². The van der Waals surface area contributed by atoms with Crippen LogP contribution in [-0.2, 0) is 27.5 Å². The maximum absolute atomic E-state index is 13.3. The van der Waals surface area contributed by atoms with Gasteiger partial charge >= 0.3 is 5.97 Å². The lowest BCUT2D eigenvalue weighted by atomic mass is 9.79. The van der Waals surface area contributed by atoms with Crippen molar-refractivity contribution in [2.75, 3.05) is 5.75 Å². The van der Waals surface area contributed by atoms with E-state index in [0.29, 0.717) is 12.1 Å². The zero-order chi connectivity index (χ0) is 24.9. The molecule has 3 aliphatic heterocycles. The zero-order valence-corrected chi connectivity index (χ0v) is 20.4. The first-order chi connectivity index (χ1) is 16.8. The van der Waals surface area contributed by atoms with Gasteiger partial charge in [0.2, 0.25) is 11.1 Å². The number of esters is 1. The SMILES string of the molecule is C[C@@H](O)[C@H]1C(=O)N2C(C(=O)OCc3ccc([N+](=O)[O-])cc3)=C(SC3CSc4nnnn4C3)[C@H](C)[C@H]12. The number of aliphatic hydroxyl groups is 1. The molecule has 1 N–H and O–H groups in total. The molecule has 14 heteroatoms. The minimum Gasteiger partial charge on any atom is -0.456 e. The summed E-state index contributed by atoms with van der Waals surface area (Å²) in [6.45, 7) is 4.02. The van der Waals surface area contributed by atoms with Gasteiger partial charge in [-0.25, -0.2) is 9.48 Å². The van der Waals surface area contributed by atoms with Crippen LogP contribution in [0.2, 0.25) is 0 Å². The van der Waals surface area contributed by atoms with E-state index >= 15 is 0 Å². The molecule has 1 saturated heterocycles. The van der Waals surface area contributed by atoms with Crippen molar-refractivity contribution in [3.63, 3.8) is 0 Å². The number of carbonyl (C=O) groups is 2. The van der Waals surface area contributed by atoms with E-state index in [1.54, 1.807) is 11.6 Å². The van der Waals surface area contributed by atoms with Gasteiger partial charge in [-0.3, -0.25) is 14.9 Å². The predicted molar refractivity (Wildman–Crippen MR) is 125 cm³/mol. The first kappa shape index (κ1) is 23.8. The van der Waals surface area contributed by atoms with Crippen LogP contribution < -0.4 is 0 Å². The molecule has 1 aromatic heterocycles. The lowest BCUT2D eigenvalue weighted by Gasteiger charge is -2.46. The second-order valence-corrected chi connectivity index (χ2v) is 11.0. The van der Waals surface area contributed by atoms with Crippen LogP contribution in [0.5, 0.6) is 0 Å². The average Bonchev–Trinajstić information content (AvgIpc) is 3.38. The molecule has 1 unspecified atom stereocenters. The number of non-ortho nitro benzene ring substituents is 1. The highest BCUT2D eigenvalue weighted by Gasteiger charge is 2.60. The number of nitro groups is 1. The number of nitrogens with zero attached hydrogens (tertiary/aromatic N) is 6. The van der Waals surface area contributed by atoms with Crippen LogP contribution in [0.1, 0.15) is 19.4 Å². The van der Waals surface area contributed by atoms with Crippen molar-refractivity contribution >= 4 is 41.1 Å². The summed E-state index contributed by atoms with van der Waals surface area (Å²) in [5.41, 5.74) is 0.747. The van der Waals surface area contributed by atoms with E-state index in [2.05, 4.69) is 15.5 Å². The molecule has 0 bridgehead atoms. The maximum Gasteiger partial charge on any atom is 0.356 e. The van der Waals surface area contributed by atoms with E-state index in [0.717, 1.165) is 15.8 Å². The quantitative estimate of drug-likeness (QED) is 0.246. The number of ether oxygens (including phenoxy) is 1. The van der Waals surface area contributed by atoms with Crippen LogP contribution in [0.3, 0.4) is 0 Å². The summed E-state index contributed by atoms with van der Waals surface area (Å²) < 4.78 is 7.26. The zero-order valence-electron chi connectivity index (χ0n) is 18.8. The van der Waals surface area contributed by atoms with Gasteiger partial charge in [-0.1, -0.05) is 18.7 Å². The Kier molecular flexibility index (Phi) is 6.27. The monoisotopic (exact) mass is 518 g/mol. The number of aromatic nitrogens is 4. The molecular formula is C21H22N6O6S2. The standard InChI is InChI=1S/C21H22N6O6S2/c1-10-16-15(11(2)28)19(29)26(16)17(18(10)35-14-7-25-21(34-9-14)22-23-24-25)20(30)33-8-12-3-5-13(6-4-12)27(31)32/h3-6,10-11,14-16,28H,7-9H2,1-2H3/t10-,11-,14?,15-,16-/m1/s1. The Balaban J connectivity index is 1.37. The molecule has 35 heavy (non-hydrogen) atoms. The van der Waals surface area contributed by atoms with Gasteiger partial charge in [0, 0.05) is 34.0 Å². The lowest BCUT2D eigenvalue weighted by Crippen LogP contribution is -2.63. The molecule has 1 aromatic carbocycles. The third kappa shape index (κ3) is 4.19. The van der Waals surface area contributed by atoms with E-state index in [9.17, 15) is 24.8 Å². The molecule has 0 spiro atoms. The minimum absolute atomic E-state index is 0.0552. The molecule has 12 nitrogen and oxygen atoms in total. The molecule has 0 saturated carbocycles. The van der Waals surface area contributed by atoms with Crippen molar-refractivity contribution in [2.24, 2.45) is 11.8 Å². The second-order valence-electron chi connectivity index (χ2n) is 8.66. The normalized spacial score (nSPS) is 26.1. The smallest absolute Gasteiger partial charge is 0.356 e. The van der Waals surface area contributed by atoms with Crippen LogP contribution in [0.15, 0.2) is 40.0 Å². The first-order valence-electron chi connectivity index (χ1n) is 11.0. The number of hydrogen-bond donors (Lipinski definition) is 1. The van der Waals surface area contributed by atoms with Crippen LogP contribution >= 0.6 is 23.5 Å². The Morgan fingerprint density at radius 3 is 2.83 bits per heavy atom. The molecule has 0 aliphatic carbocycles. The number of fused-ring (bicyclic) bond motifs is 2. The molecular weight excluding hydrogens is 496 g/mol. The molecule has 1 fully saturated rings. The molecule has 5 rings (SSSR count). The lowest BCUT2D eigenvalue weighted by molar-refractivity contribution is -0.384. The number of hydrogen-bond acceptors (Lipinski definition) is 11. The summed E-state index contributed by atoms with van der Waals surface area (Å²) in [5, 5.41) is 33.5. The van der Waals surface area contributed by atoms with E-state index < -0.39 is 22.9 Å². The summed E-state index contributed by atoms with van der Waals surface area (Å²) in [6, 6.07) is 5.43. The molecule has 2 aromatic rings. The highest BCUT2D eigenvalue weighted by Crippen LogP contribution is 2.52. The summed E-state index contributed by atoms with van der Waals surface area (Å²) in [4.78, 5) is 38.7. The third-order valence-electron chi connectivity index (χ3n) is 6.39. The molecule has 4 heterocycles. The number of aliphatic hydroxyl groups excluding tert-OH is 1. The number of benzene rings is 1. The Morgan fingerprint density at radius 2 is 2.14 bits per heavy atom. The molecule has 1 amide bonds. The van der Waals surface area contributed by atoms with Crippen LogP contribution in [0.4, 0.5) is 5.69 Å². The number of amides is 1. The highest BCUT2D eigenvalue weighted by molar-refractivity contribution is 8.05. The molecule has 0 radical (unpaired) electrons. The van der Waals surface area contributed by atoms with Gasteiger partial charge in [0.05, 0.1) is 29.5 Å². The van der Waals surface area contributed by atoms with E-state index in [1.807, 2.05) is 6.92 Å². The van der Waals surface area contributed by atoms with Crippen LogP contribution in [0.25, 0.3) is 0 Å². The summed E-state index contributed by atoms with van der Waals surface area (Å²) in [5.74, 6) is -0.920. The number of β-lactam (4-membered cyclic amide) rings is 1. The molecule has 184 valence electrons. The Labute approximate surface area is 208 Å². The van der Waals surface area contributed by atoms with E-state index in [1.165, 1.54) is 52.7 Å².